The Bertz CT molecular complexity index is 227. The van der Waals surface area contributed by atoms with Gasteiger partial charge in [-0.3, -0.25) is 0 Å². The average molecular weight is 209 g/mol. The summed E-state index contributed by atoms with van der Waals surface area (Å²) in [6.45, 7) is 6.40. The van der Waals surface area contributed by atoms with Crippen molar-refractivity contribution in [2.45, 2.75) is 70.2 Å². The van der Waals surface area contributed by atoms with Crippen LogP contribution in [-0.4, -0.2) is 23.8 Å². The summed E-state index contributed by atoms with van der Waals surface area (Å²) in [6, 6.07) is 1.40. The maximum absolute atomic E-state index is 5.91. The Hall–Kier alpha value is -0.340. The summed E-state index contributed by atoms with van der Waals surface area (Å²) < 4.78 is 5.91. The van der Waals surface area contributed by atoms with Gasteiger partial charge in [0, 0.05) is 12.1 Å². The largest absolute Gasteiger partial charge is 0.373 e. The lowest BCUT2D eigenvalue weighted by Crippen LogP contribution is -2.50. The van der Waals surface area contributed by atoms with Crippen molar-refractivity contribution in [1.82, 2.24) is 5.32 Å². The zero-order valence-electron chi connectivity index (χ0n) is 10.1. The molecule has 0 heterocycles. The van der Waals surface area contributed by atoms with Crippen molar-refractivity contribution < 1.29 is 4.74 Å². The summed E-state index contributed by atoms with van der Waals surface area (Å²) in [5, 5.41) is 3.69. The molecule has 1 fully saturated rings. The first-order chi connectivity index (χ1) is 7.03. The summed E-state index contributed by atoms with van der Waals surface area (Å²) in [6.07, 6.45) is 9.83. The third kappa shape index (κ3) is 3.32. The summed E-state index contributed by atoms with van der Waals surface area (Å²) >= 11 is 0. The zero-order chi connectivity index (χ0) is 10.9. The van der Waals surface area contributed by atoms with E-state index in [0.29, 0.717) is 18.2 Å². The Morgan fingerprint density at radius 1 is 1.07 bits per heavy atom. The molecular formula is C13H23NO. The minimum absolute atomic E-state index is 0.0184. The van der Waals surface area contributed by atoms with E-state index in [4.69, 9.17) is 4.74 Å². The van der Waals surface area contributed by atoms with Crippen LogP contribution in [-0.2, 0) is 4.74 Å². The Labute approximate surface area is 93.1 Å². The number of ether oxygens (including phenoxy) is 1. The summed E-state index contributed by atoms with van der Waals surface area (Å²) in [4.78, 5) is 0. The van der Waals surface area contributed by atoms with Crippen LogP contribution < -0.4 is 5.32 Å². The van der Waals surface area contributed by atoms with Gasteiger partial charge >= 0.3 is 0 Å². The molecule has 2 aliphatic rings. The van der Waals surface area contributed by atoms with Crippen molar-refractivity contribution in [2.24, 2.45) is 0 Å². The van der Waals surface area contributed by atoms with E-state index in [1.165, 1.54) is 25.7 Å². The van der Waals surface area contributed by atoms with Crippen molar-refractivity contribution in [3.63, 3.8) is 0 Å². The van der Waals surface area contributed by atoms with E-state index in [0.717, 1.165) is 0 Å². The van der Waals surface area contributed by atoms with E-state index in [9.17, 15) is 0 Å². The van der Waals surface area contributed by atoms with Crippen molar-refractivity contribution >= 4 is 0 Å². The second-order valence-electron chi connectivity index (χ2n) is 5.83. The predicted octanol–water partition coefficient (Wildman–Crippen LogP) is 2.64. The minimum atomic E-state index is 0.0184. The van der Waals surface area contributed by atoms with Gasteiger partial charge in [0.05, 0.1) is 11.7 Å². The molecule has 0 bridgehead atoms. The van der Waals surface area contributed by atoms with Crippen molar-refractivity contribution in [1.29, 1.82) is 0 Å². The SMILES string of the molecule is CC(C)(C)OC1CC(NC2CC=CC2)C1. The van der Waals surface area contributed by atoms with Crippen LogP contribution in [0.4, 0.5) is 0 Å². The van der Waals surface area contributed by atoms with E-state index < -0.39 is 0 Å². The highest BCUT2D eigenvalue weighted by Gasteiger charge is 2.33. The topological polar surface area (TPSA) is 21.3 Å². The molecule has 1 N–H and O–H groups in total. The lowest BCUT2D eigenvalue weighted by atomic mass is 9.88. The van der Waals surface area contributed by atoms with Gasteiger partial charge in [0.15, 0.2) is 0 Å². The molecule has 0 radical (unpaired) electrons. The Balaban J connectivity index is 1.61. The van der Waals surface area contributed by atoms with Gasteiger partial charge in [0.25, 0.3) is 0 Å². The highest BCUT2D eigenvalue weighted by Crippen LogP contribution is 2.28. The van der Waals surface area contributed by atoms with E-state index in [1.54, 1.807) is 0 Å². The number of hydrogen-bond acceptors (Lipinski definition) is 2. The molecule has 0 saturated heterocycles. The Morgan fingerprint density at radius 3 is 2.20 bits per heavy atom. The number of hydrogen-bond donors (Lipinski definition) is 1. The molecule has 2 heteroatoms. The molecule has 0 unspecified atom stereocenters. The lowest BCUT2D eigenvalue weighted by molar-refractivity contribution is -0.103. The molecule has 2 aliphatic carbocycles. The summed E-state index contributed by atoms with van der Waals surface area (Å²) in [5.74, 6) is 0. The van der Waals surface area contributed by atoms with E-state index >= 15 is 0 Å². The third-order valence-electron chi connectivity index (χ3n) is 3.09. The highest BCUT2D eigenvalue weighted by atomic mass is 16.5. The van der Waals surface area contributed by atoms with Gasteiger partial charge in [-0.25, -0.2) is 0 Å². The van der Waals surface area contributed by atoms with Gasteiger partial charge in [-0.1, -0.05) is 12.2 Å². The monoisotopic (exact) mass is 209 g/mol. The third-order valence-corrected chi connectivity index (χ3v) is 3.09. The quantitative estimate of drug-likeness (QED) is 0.721. The van der Waals surface area contributed by atoms with E-state index in [-0.39, 0.29) is 5.60 Å². The molecule has 0 aromatic rings. The van der Waals surface area contributed by atoms with Crippen LogP contribution in [0.3, 0.4) is 0 Å². The second-order valence-corrected chi connectivity index (χ2v) is 5.83. The molecule has 1 saturated carbocycles. The van der Waals surface area contributed by atoms with E-state index in [1.807, 2.05) is 0 Å². The molecular weight excluding hydrogens is 186 g/mol. The van der Waals surface area contributed by atoms with Crippen LogP contribution in [0.25, 0.3) is 0 Å². The standard InChI is InChI=1S/C13H23NO/c1-13(2,3)15-12-8-11(9-12)14-10-6-4-5-7-10/h4-5,10-12,14H,6-9H2,1-3H3. The molecule has 0 amide bonds. The van der Waals surface area contributed by atoms with E-state index in [2.05, 4.69) is 38.2 Å². The smallest absolute Gasteiger partial charge is 0.0612 e. The van der Waals surface area contributed by atoms with Crippen LogP contribution in [0.2, 0.25) is 0 Å². The molecule has 0 aromatic carbocycles. The summed E-state index contributed by atoms with van der Waals surface area (Å²) in [5.41, 5.74) is 0.0184. The molecule has 86 valence electrons. The van der Waals surface area contributed by atoms with Crippen LogP contribution in [0, 0.1) is 0 Å². The van der Waals surface area contributed by atoms with Gasteiger partial charge in [0.1, 0.15) is 0 Å². The molecule has 2 rings (SSSR count). The fourth-order valence-electron chi connectivity index (χ4n) is 2.38. The molecule has 0 spiro atoms. The van der Waals surface area contributed by atoms with Gasteiger partial charge in [-0.2, -0.15) is 0 Å². The molecule has 15 heavy (non-hydrogen) atoms. The normalized spacial score (nSPS) is 31.9. The van der Waals surface area contributed by atoms with Crippen LogP contribution in [0.15, 0.2) is 12.2 Å². The number of rotatable bonds is 3. The maximum Gasteiger partial charge on any atom is 0.0612 e. The fourth-order valence-corrected chi connectivity index (χ4v) is 2.38. The van der Waals surface area contributed by atoms with Crippen LogP contribution >= 0.6 is 0 Å². The first kappa shape index (κ1) is 11.2. The number of nitrogens with one attached hydrogen (secondary N) is 1. The average Bonchev–Trinajstić information content (AvgIpc) is 2.50. The fraction of sp³-hybridized carbons (Fsp3) is 0.846. The van der Waals surface area contributed by atoms with Crippen LogP contribution in [0.5, 0.6) is 0 Å². The van der Waals surface area contributed by atoms with Crippen molar-refractivity contribution in [2.75, 3.05) is 0 Å². The minimum Gasteiger partial charge on any atom is -0.373 e. The molecule has 0 aliphatic heterocycles. The van der Waals surface area contributed by atoms with Crippen molar-refractivity contribution in [3.05, 3.63) is 12.2 Å². The summed E-state index contributed by atoms with van der Waals surface area (Å²) in [7, 11) is 0. The Morgan fingerprint density at radius 2 is 1.67 bits per heavy atom. The molecule has 0 aromatic heterocycles. The van der Waals surface area contributed by atoms with Gasteiger partial charge < -0.3 is 10.1 Å². The molecule has 0 atom stereocenters. The maximum atomic E-state index is 5.91. The Kier molecular flexibility index (Phi) is 3.17. The highest BCUT2D eigenvalue weighted by molar-refractivity contribution is 5.00. The van der Waals surface area contributed by atoms with Crippen LogP contribution in [0.1, 0.15) is 46.5 Å². The molecule has 2 nitrogen and oxygen atoms in total. The lowest BCUT2D eigenvalue weighted by Gasteiger charge is -2.40. The van der Waals surface area contributed by atoms with Gasteiger partial charge in [-0.05, 0) is 46.5 Å². The first-order valence-electron chi connectivity index (χ1n) is 6.12. The van der Waals surface area contributed by atoms with Gasteiger partial charge in [0.2, 0.25) is 0 Å². The zero-order valence-corrected chi connectivity index (χ0v) is 10.1. The first-order valence-corrected chi connectivity index (χ1v) is 6.12. The predicted molar refractivity (Wildman–Crippen MR) is 62.9 cm³/mol. The van der Waals surface area contributed by atoms with Gasteiger partial charge in [-0.15, -0.1) is 0 Å². The van der Waals surface area contributed by atoms with Crippen molar-refractivity contribution in [3.8, 4) is 0 Å². The second kappa shape index (κ2) is 4.26.